The maximum atomic E-state index is 12.7. The first kappa shape index (κ1) is 20.2. The molecule has 0 aliphatic rings. The predicted octanol–water partition coefficient (Wildman–Crippen LogP) is 3.81. The van der Waals surface area contributed by atoms with E-state index in [1.165, 1.54) is 6.20 Å². The van der Waals surface area contributed by atoms with Crippen LogP contribution in [-0.2, 0) is 4.74 Å². The fourth-order valence-corrected chi connectivity index (χ4v) is 3.41. The maximum absolute atomic E-state index is 12.7. The minimum Gasteiger partial charge on any atom is -0.463 e. The van der Waals surface area contributed by atoms with Crippen LogP contribution >= 0.6 is 0 Å². The van der Waals surface area contributed by atoms with E-state index in [1.54, 1.807) is 60.3 Å². The molecule has 164 valence electrons. The largest absolute Gasteiger partial charge is 0.463 e. The highest BCUT2D eigenvalue weighted by molar-refractivity contribution is 6.03. The van der Waals surface area contributed by atoms with Crippen LogP contribution in [-0.4, -0.2) is 43.3 Å². The Morgan fingerprint density at radius 1 is 1.18 bits per heavy atom. The molecule has 33 heavy (non-hydrogen) atoms. The number of carbonyl (C=O) groups excluding carboxylic acids is 2. The highest BCUT2D eigenvalue weighted by Gasteiger charge is 2.18. The average molecular weight is 442 g/mol. The number of nitrogens with zero attached hydrogens (tertiary/aromatic N) is 4. The Labute approximate surface area is 187 Å². The molecule has 10 nitrogen and oxygen atoms in total. The van der Waals surface area contributed by atoms with Gasteiger partial charge in [-0.1, -0.05) is 12.1 Å². The topological polar surface area (TPSA) is 127 Å². The molecule has 4 aromatic heterocycles. The zero-order valence-electron chi connectivity index (χ0n) is 17.5. The summed E-state index contributed by atoms with van der Waals surface area (Å²) in [6, 6.07) is 14.2. The molecule has 0 unspecified atom stereocenters. The van der Waals surface area contributed by atoms with Crippen molar-refractivity contribution in [2.45, 2.75) is 6.92 Å². The quantitative estimate of drug-likeness (QED) is 0.383. The number of anilines is 1. The molecule has 0 spiro atoms. The van der Waals surface area contributed by atoms with Gasteiger partial charge in [0.25, 0.3) is 5.91 Å². The molecule has 0 aliphatic carbocycles. The molecular weight excluding hydrogens is 424 g/mol. The van der Waals surface area contributed by atoms with Gasteiger partial charge in [0.05, 0.1) is 24.8 Å². The van der Waals surface area contributed by atoms with E-state index in [9.17, 15) is 9.59 Å². The summed E-state index contributed by atoms with van der Waals surface area (Å²) in [7, 11) is 0. The van der Waals surface area contributed by atoms with E-state index in [-0.39, 0.29) is 23.8 Å². The number of benzene rings is 1. The van der Waals surface area contributed by atoms with Crippen LogP contribution in [0.2, 0.25) is 0 Å². The molecule has 0 saturated heterocycles. The Balaban J connectivity index is 1.41. The van der Waals surface area contributed by atoms with Gasteiger partial charge in [0.1, 0.15) is 11.3 Å². The van der Waals surface area contributed by atoms with Crippen molar-refractivity contribution < 1.29 is 18.7 Å². The van der Waals surface area contributed by atoms with E-state index in [0.717, 1.165) is 5.56 Å². The van der Waals surface area contributed by atoms with Gasteiger partial charge in [0.15, 0.2) is 17.1 Å². The van der Waals surface area contributed by atoms with Crippen LogP contribution in [0.1, 0.15) is 27.8 Å². The molecule has 0 saturated carbocycles. The summed E-state index contributed by atoms with van der Waals surface area (Å²) in [5, 5.41) is 14.0. The maximum Gasteiger partial charge on any atom is 0.343 e. The number of carbonyl (C=O) groups is 2. The number of rotatable bonds is 6. The Hall–Kier alpha value is -4.73. The van der Waals surface area contributed by atoms with Crippen LogP contribution in [0.25, 0.3) is 28.4 Å². The van der Waals surface area contributed by atoms with Crippen molar-refractivity contribution in [1.82, 2.24) is 24.8 Å². The normalized spacial score (nSPS) is 10.9. The number of furan rings is 1. The van der Waals surface area contributed by atoms with Crippen molar-refractivity contribution in [2.24, 2.45) is 0 Å². The molecule has 0 aliphatic heterocycles. The Kier molecular flexibility index (Phi) is 5.15. The fourth-order valence-electron chi connectivity index (χ4n) is 3.41. The standard InChI is InChI=1S/C23H18N6O4/c1-2-32-23(31)16-13-25-29-19(8-9-24-21(16)29)14-5-3-6-15(11-14)26-22(30)18-12-17(27-28-18)20-7-4-10-33-20/h3-13H,2H2,1H3,(H,26,30)(H,27,28). The van der Waals surface area contributed by atoms with Crippen molar-refractivity contribution in [2.75, 3.05) is 11.9 Å². The van der Waals surface area contributed by atoms with Gasteiger partial charge < -0.3 is 14.5 Å². The molecule has 1 amide bonds. The van der Waals surface area contributed by atoms with Gasteiger partial charge in [-0.3, -0.25) is 9.89 Å². The molecule has 0 radical (unpaired) electrons. The number of hydrogen-bond donors (Lipinski definition) is 2. The van der Waals surface area contributed by atoms with E-state index in [1.807, 2.05) is 12.1 Å². The molecule has 0 atom stereocenters. The summed E-state index contributed by atoms with van der Waals surface area (Å²) >= 11 is 0. The summed E-state index contributed by atoms with van der Waals surface area (Å²) in [6.07, 6.45) is 4.58. The number of nitrogens with one attached hydrogen (secondary N) is 2. The predicted molar refractivity (Wildman–Crippen MR) is 119 cm³/mol. The van der Waals surface area contributed by atoms with Gasteiger partial charge in [-0.2, -0.15) is 10.2 Å². The first-order chi connectivity index (χ1) is 16.1. The highest BCUT2D eigenvalue weighted by Crippen LogP contribution is 2.25. The van der Waals surface area contributed by atoms with Crippen molar-refractivity contribution >= 4 is 23.2 Å². The SMILES string of the molecule is CCOC(=O)c1cnn2c(-c3cccc(NC(=O)c4cc(-c5ccco5)[nH]n4)c3)ccnc12. The van der Waals surface area contributed by atoms with E-state index in [2.05, 4.69) is 25.6 Å². The number of aromatic amines is 1. The molecule has 1 aromatic carbocycles. The van der Waals surface area contributed by atoms with Gasteiger partial charge in [0, 0.05) is 23.5 Å². The number of amides is 1. The van der Waals surface area contributed by atoms with Crippen LogP contribution in [0.3, 0.4) is 0 Å². The third-order valence-corrected chi connectivity index (χ3v) is 4.91. The van der Waals surface area contributed by atoms with Crippen LogP contribution in [0.4, 0.5) is 5.69 Å². The Morgan fingerprint density at radius 3 is 2.91 bits per heavy atom. The molecule has 0 bridgehead atoms. The highest BCUT2D eigenvalue weighted by atomic mass is 16.5. The van der Waals surface area contributed by atoms with Crippen LogP contribution in [0.5, 0.6) is 0 Å². The third-order valence-electron chi connectivity index (χ3n) is 4.91. The summed E-state index contributed by atoms with van der Waals surface area (Å²) in [5.41, 5.74) is 3.56. The van der Waals surface area contributed by atoms with Crippen molar-refractivity contribution in [3.05, 3.63) is 78.4 Å². The number of hydrogen-bond acceptors (Lipinski definition) is 7. The van der Waals surface area contributed by atoms with Gasteiger partial charge >= 0.3 is 5.97 Å². The lowest BCUT2D eigenvalue weighted by Gasteiger charge is -2.08. The zero-order chi connectivity index (χ0) is 22.8. The Morgan fingerprint density at radius 2 is 2.09 bits per heavy atom. The van der Waals surface area contributed by atoms with E-state index in [0.29, 0.717) is 28.5 Å². The molecule has 5 aromatic rings. The van der Waals surface area contributed by atoms with Gasteiger partial charge in [-0.15, -0.1) is 0 Å². The number of esters is 1. The number of fused-ring (bicyclic) bond motifs is 1. The lowest BCUT2D eigenvalue weighted by atomic mass is 10.1. The van der Waals surface area contributed by atoms with Crippen molar-refractivity contribution in [1.29, 1.82) is 0 Å². The van der Waals surface area contributed by atoms with Gasteiger partial charge in [-0.05, 0) is 37.3 Å². The molecule has 0 fully saturated rings. The van der Waals surface area contributed by atoms with Crippen molar-refractivity contribution in [3.63, 3.8) is 0 Å². The number of H-pyrrole nitrogens is 1. The first-order valence-electron chi connectivity index (χ1n) is 10.1. The third kappa shape index (κ3) is 3.85. The molecule has 10 heteroatoms. The van der Waals surface area contributed by atoms with Crippen molar-refractivity contribution in [3.8, 4) is 22.7 Å². The molecule has 5 rings (SSSR count). The summed E-state index contributed by atoms with van der Waals surface area (Å²) in [6.45, 7) is 2.00. The summed E-state index contributed by atoms with van der Waals surface area (Å²) in [4.78, 5) is 29.1. The number of aromatic nitrogens is 5. The minimum absolute atomic E-state index is 0.226. The lowest BCUT2D eigenvalue weighted by molar-refractivity contribution is 0.0528. The van der Waals surface area contributed by atoms with Crippen LogP contribution in [0.15, 0.2) is 71.6 Å². The summed E-state index contributed by atoms with van der Waals surface area (Å²) < 4.78 is 12.0. The molecular formula is C23H18N6O4. The van der Waals surface area contributed by atoms with E-state index in [4.69, 9.17) is 9.15 Å². The van der Waals surface area contributed by atoms with Crippen LogP contribution in [0, 0.1) is 0 Å². The fraction of sp³-hybridized carbons (Fsp3) is 0.0870. The molecule has 4 heterocycles. The second-order valence-corrected chi connectivity index (χ2v) is 7.02. The summed E-state index contributed by atoms with van der Waals surface area (Å²) in [5.74, 6) is -0.262. The number of ether oxygens (including phenoxy) is 1. The average Bonchev–Trinajstić information content (AvgIpc) is 3.59. The lowest BCUT2D eigenvalue weighted by Crippen LogP contribution is -2.12. The van der Waals surface area contributed by atoms with E-state index < -0.39 is 5.97 Å². The monoisotopic (exact) mass is 442 g/mol. The smallest absolute Gasteiger partial charge is 0.343 e. The minimum atomic E-state index is -0.480. The van der Waals surface area contributed by atoms with E-state index >= 15 is 0 Å². The first-order valence-corrected chi connectivity index (χ1v) is 10.1. The van der Waals surface area contributed by atoms with Gasteiger partial charge in [-0.25, -0.2) is 14.3 Å². The molecule has 2 N–H and O–H groups in total. The van der Waals surface area contributed by atoms with Crippen LogP contribution < -0.4 is 5.32 Å². The second-order valence-electron chi connectivity index (χ2n) is 7.02. The second kappa shape index (κ2) is 8.42. The zero-order valence-corrected chi connectivity index (χ0v) is 17.5. The van der Waals surface area contributed by atoms with Gasteiger partial charge in [0.2, 0.25) is 0 Å². The Bertz CT molecular complexity index is 1450.